The topological polar surface area (TPSA) is 44.2 Å². The van der Waals surface area contributed by atoms with Crippen LogP contribution in [0.3, 0.4) is 0 Å². The van der Waals surface area contributed by atoms with E-state index in [0.29, 0.717) is 16.8 Å². The summed E-state index contributed by atoms with van der Waals surface area (Å²) in [4.78, 5) is 8.17. The smallest absolute Gasteiger partial charge is 0.435 e. The first kappa shape index (κ1) is 15.6. The molecule has 1 heterocycles. The largest absolute Gasteiger partial charge is 0.573 e. The first-order valence-electron chi connectivity index (χ1n) is 5.93. The Balaban J connectivity index is 2.29. The van der Waals surface area contributed by atoms with Gasteiger partial charge in [-0.2, -0.15) is 4.98 Å². The summed E-state index contributed by atoms with van der Waals surface area (Å²) in [5.74, 6) is 0.126. The molecule has 0 aliphatic rings. The van der Waals surface area contributed by atoms with Crippen LogP contribution in [-0.2, 0) is 6.42 Å². The molecule has 1 aromatic carbocycles. The van der Waals surface area contributed by atoms with E-state index in [0.717, 1.165) is 0 Å². The number of rotatable bonds is 4. The van der Waals surface area contributed by atoms with Crippen LogP contribution in [0.15, 0.2) is 34.9 Å². The highest BCUT2D eigenvalue weighted by molar-refractivity contribution is 9.10. The summed E-state index contributed by atoms with van der Waals surface area (Å²) in [7, 11) is 0. The van der Waals surface area contributed by atoms with Gasteiger partial charge in [-0.1, -0.05) is 19.1 Å². The highest BCUT2D eigenvalue weighted by atomic mass is 79.9. The summed E-state index contributed by atoms with van der Waals surface area (Å²) in [6.45, 7) is 1.85. The van der Waals surface area contributed by atoms with Crippen molar-refractivity contribution in [2.24, 2.45) is 0 Å². The standard InChI is InChI=1S/C13H10BrF3N2O2/c1-2-11-18-10(14)7-12(19-11)20-8-5-3-4-6-9(8)21-13(15,16)17/h3-7H,2H2,1H3. The first-order chi connectivity index (χ1) is 9.87. The number of ether oxygens (including phenoxy) is 2. The van der Waals surface area contributed by atoms with Crippen molar-refractivity contribution in [3.05, 3.63) is 40.8 Å². The lowest BCUT2D eigenvalue weighted by atomic mass is 10.3. The van der Waals surface area contributed by atoms with Gasteiger partial charge in [0.25, 0.3) is 0 Å². The zero-order valence-electron chi connectivity index (χ0n) is 10.8. The second-order valence-corrected chi connectivity index (χ2v) is 4.71. The van der Waals surface area contributed by atoms with Crippen LogP contribution >= 0.6 is 15.9 Å². The molecule has 112 valence electrons. The van der Waals surface area contributed by atoms with Crippen LogP contribution in [0.1, 0.15) is 12.7 Å². The van der Waals surface area contributed by atoms with E-state index in [1.807, 2.05) is 6.92 Å². The fourth-order valence-electron chi connectivity index (χ4n) is 1.51. The summed E-state index contributed by atoms with van der Waals surface area (Å²) < 4.78 is 46.8. The average Bonchev–Trinajstić information content (AvgIpc) is 2.38. The van der Waals surface area contributed by atoms with Gasteiger partial charge < -0.3 is 9.47 Å². The highest BCUT2D eigenvalue weighted by Crippen LogP contribution is 2.34. The minimum Gasteiger partial charge on any atom is -0.435 e. The molecule has 0 bridgehead atoms. The number of benzene rings is 1. The Bertz CT molecular complexity index is 635. The van der Waals surface area contributed by atoms with Crippen molar-refractivity contribution in [2.75, 3.05) is 0 Å². The molecule has 0 unspecified atom stereocenters. The molecule has 21 heavy (non-hydrogen) atoms. The van der Waals surface area contributed by atoms with Crippen molar-refractivity contribution in [3.8, 4) is 17.4 Å². The van der Waals surface area contributed by atoms with Gasteiger partial charge in [0.05, 0.1) is 0 Å². The molecule has 1 aromatic heterocycles. The third-order valence-electron chi connectivity index (χ3n) is 2.32. The molecule has 0 radical (unpaired) electrons. The fourth-order valence-corrected chi connectivity index (χ4v) is 1.91. The third-order valence-corrected chi connectivity index (χ3v) is 2.73. The minimum absolute atomic E-state index is 0.0810. The van der Waals surface area contributed by atoms with Crippen LogP contribution in [0.5, 0.6) is 17.4 Å². The van der Waals surface area contributed by atoms with Crippen LogP contribution < -0.4 is 9.47 Å². The van der Waals surface area contributed by atoms with Crippen LogP contribution in [0.25, 0.3) is 0 Å². The normalized spacial score (nSPS) is 11.3. The van der Waals surface area contributed by atoms with Gasteiger partial charge in [0.1, 0.15) is 10.4 Å². The first-order valence-corrected chi connectivity index (χ1v) is 6.73. The Morgan fingerprint density at radius 3 is 2.43 bits per heavy atom. The van der Waals surface area contributed by atoms with Crippen LogP contribution in [0, 0.1) is 0 Å². The van der Waals surface area contributed by atoms with Crippen molar-refractivity contribution in [1.82, 2.24) is 9.97 Å². The summed E-state index contributed by atoms with van der Waals surface area (Å²) >= 11 is 3.19. The molecule has 0 fully saturated rings. The Labute approximate surface area is 127 Å². The number of aromatic nitrogens is 2. The maximum absolute atomic E-state index is 12.3. The second kappa shape index (κ2) is 6.30. The molecule has 0 atom stereocenters. The van der Waals surface area contributed by atoms with Crippen molar-refractivity contribution in [2.45, 2.75) is 19.7 Å². The molecule has 0 aliphatic carbocycles. The molecular formula is C13H10BrF3N2O2. The van der Waals surface area contributed by atoms with Gasteiger partial charge in [0, 0.05) is 12.5 Å². The third kappa shape index (κ3) is 4.59. The average molecular weight is 363 g/mol. The van der Waals surface area contributed by atoms with Gasteiger partial charge in [-0.25, -0.2) is 4.98 Å². The van der Waals surface area contributed by atoms with Gasteiger partial charge >= 0.3 is 6.36 Å². The predicted molar refractivity (Wildman–Crippen MR) is 72.3 cm³/mol. The predicted octanol–water partition coefficient (Wildman–Crippen LogP) is 4.49. The lowest BCUT2D eigenvalue weighted by molar-refractivity contribution is -0.275. The van der Waals surface area contributed by atoms with Gasteiger partial charge in [-0.15, -0.1) is 13.2 Å². The quantitative estimate of drug-likeness (QED) is 0.751. The van der Waals surface area contributed by atoms with Crippen molar-refractivity contribution in [1.29, 1.82) is 0 Å². The summed E-state index contributed by atoms with van der Waals surface area (Å²) in [5, 5.41) is 0. The Kier molecular flexibility index (Phi) is 4.66. The number of hydrogen-bond acceptors (Lipinski definition) is 4. The monoisotopic (exact) mass is 362 g/mol. The lowest BCUT2D eigenvalue weighted by Crippen LogP contribution is -2.17. The molecular weight excluding hydrogens is 353 g/mol. The van der Waals surface area contributed by atoms with E-state index in [1.54, 1.807) is 0 Å². The lowest BCUT2D eigenvalue weighted by Gasteiger charge is -2.13. The highest BCUT2D eigenvalue weighted by Gasteiger charge is 2.32. The molecule has 0 amide bonds. The zero-order chi connectivity index (χ0) is 15.5. The van der Waals surface area contributed by atoms with Crippen molar-refractivity contribution >= 4 is 15.9 Å². The Morgan fingerprint density at radius 1 is 1.14 bits per heavy atom. The van der Waals surface area contributed by atoms with E-state index in [1.165, 1.54) is 30.3 Å². The zero-order valence-corrected chi connectivity index (χ0v) is 12.4. The number of alkyl halides is 3. The van der Waals surface area contributed by atoms with Crippen LogP contribution in [0.2, 0.25) is 0 Å². The molecule has 0 spiro atoms. The van der Waals surface area contributed by atoms with E-state index >= 15 is 0 Å². The van der Waals surface area contributed by atoms with E-state index in [4.69, 9.17) is 4.74 Å². The molecule has 8 heteroatoms. The maximum Gasteiger partial charge on any atom is 0.573 e. The number of hydrogen-bond donors (Lipinski definition) is 0. The second-order valence-electron chi connectivity index (χ2n) is 3.90. The maximum atomic E-state index is 12.3. The van der Waals surface area contributed by atoms with E-state index in [9.17, 15) is 13.2 Å². The van der Waals surface area contributed by atoms with Gasteiger partial charge in [-0.05, 0) is 28.1 Å². The van der Waals surface area contributed by atoms with Crippen LogP contribution in [0.4, 0.5) is 13.2 Å². The van der Waals surface area contributed by atoms with E-state index in [-0.39, 0.29) is 11.6 Å². The molecule has 0 aliphatic heterocycles. The SMILES string of the molecule is CCc1nc(Br)cc(Oc2ccccc2OC(F)(F)F)n1. The molecule has 0 saturated heterocycles. The number of halogens is 4. The number of nitrogens with zero attached hydrogens (tertiary/aromatic N) is 2. The van der Waals surface area contributed by atoms with Crippen LogP contribution in [-0.4, -0.2) is 16.3 Å². The molecule has 0 N–H and O–H groups in total. The van der Waals surface area contributed by atoms with E-state index in [2.05, 4.69) is 30.6 Å². The van der Waals surface area contributed by atoms with Crippen molar-refractivity contribution in [3.63, 3.8) is 0 Å². The minimum atomic E-state index is -4.79. The fraction of sp³-hybridized carbons (Fsp3) is 0.231. The number of para-hydroxylation sites is 2. The molecule has 0 saturated carbocycles. The Morgan fingerprint density at radius 2 is 1.81 bits per heavy atom. The summed E-state index contributed by atoms with van der Waals surface area (Å²) in [6.07, 6.45) is -4.23. The van der Waals surface area contributed by atoms with Gasteiger partial charge in [0.2, 0.25) is 5.88 Å². The Hall–Kier alpha value is -1.83. The van der Waals surface area contributed by atoms with E-state index < -0.39 is 12.1 Å². The molecule has 4 nitrogen and oxygen atoms in total. The van der Waals surface area contributed by atoms with Crippen molar-refractivity contribution < 1.29 is 22.6 Å². The van der Waals surface area contributed by atoms with Gasteiger partial charge in [-0.3, -0.25) is 0 Å². The summed E-state index contributed by atoms with van der Waals surface area (Å²) in [6, 6.07) is 6.95. The van der Waals surface area contributed by atoms with Gasteiger partial charge in [0.15, 0.2) is 11.5 Å². The molecule has 2 rings (SSSR count). The molecule has 2 aromatic rings. The summed E-state index contributed by atoms with van der Waals surface area (Å²) in [5.41, 5.74) is 0. The number of aryl methyl sites for hydroxylation is 1.